The van der Waals surface area contributed by atoms with Gasteiger partial charge in [0.05, 0.1) is 6.26 Å². The summed E-state index contributed by atoms with van der Waals surface area (Å²) in [7, 11) is -3.06. The Labute approximate surface area is 86.8 Å². The fourth-order valence-electron chi connectivity index (χ4n) is 2.11. The molecule has 0 amide bonds. The van der Waals surface area contributed by atoms with Crippen molar-refractivity contribution in [3.8, 4) is 0 Å². The van der Waals surface area contributed by atoms with E-state index >= 15 is 0 Å². The van der Waals surface area contributed by atoms with Gasteiger partial charge in [-0.1, -0.05) is 11.6 Å². The van der Waals surface area contributed by atoms with Crippen molar-refractivity contribution in [1.29, 1.82) is 0 Å². The summed E-state index contributed by atoms with van der Waals surface area (Å²) >= 11 is 0. The standard InChI is InChI=1S/C10H19NO2S/c1-8(2)7-10-6-5-9(3)11(10)14(4,12)13/h7,9-10H,5-6H2,1-4H3. The smallest absolute Gasteiger partial charge is 0.211 e. The molecule has 0 saturated carbocycles. The van der Waals surface area contributed by atoms with Gasteiger partial charge in [0, 0.05) is 12.1 Å². The first-order valence-corrected chi connectivity index (χ1v) is 6.80. The van der Waals surface area contributed by atoms with Crippen LogP contribution >= 0.6 is 0 Å². The lowest BCUT2D eigenvalue weighted by Gasteiger charge is -2.24. The molecule has 1 rings (SSSR count). The van der Waals surface area contributed by atoms with Gasteiger partial charge in [0.2, 0.25) is 10.0 Å². The summed E-state index contributed by atoms with van der Waals surface area (Å²) in [5.74, 6) is 0. The van der Waals surface area contributed by atoms with Crippen LogP contribution in [0.15, 0.2) is 11.6 Å². The maximum Gasteiger partial charge on any atom is 0.211 e. The SMILES string of the molecule is CC(C)=CC1CCC(C)N1S(C)(=O)=O. The Bertz CT molecular complexity index is 328. The number of hydrogen-bond donors (Lipinski definition) is 0. The fourth-order valence-corrected chi connectivity index (χ4v) is 3.52. The Kier molecular flexibility index (Phi) is 3.37. The van der Waals surface area contributed by atoms with E-state index in [9.17, 15) is 8.42 Å². The molecule has 0 spiro atoms. The van der Waals surface area contributed by atoms with Crippen LogP contribution in [0.25, 0.3) is 0 Å². The topological polar surface area (TPSA) is 37.4 Å². The molecule has 0 aliphatic carbocycles. The van der Waals surface area contributed by atoms with Crippen LogP contribution < -0.4 is 0 Å². The highest BCUT2D eigenvalue weighted by Gasteiger charge is 2.35. The van der Waals surface area contributed by atoms with Gasteiger partial charge in [-0.2, -0.15) is 4.31 Å². The van der Waals surface area contributed by atoms with Crippen molar-refractivity contribution < 1.29 is 8.42 Å². The summed E-state index contributed by atoms with van der Waals surface area (Å²) in [6.07, 6.45) is 5.24. The number of sulfonamides is 1. The van der Waals surface area contributed by atoms with Gasteiger partial charge in [0.1, 0.15) is 0 Å². The molecule has 1 fully saturated rings. The molecule has 0 bridgehead atoms. The quantitative estimate of drug-likeness (QED) is 0.661. The van der Waals surface area contributed by atoms with Gasteiger partial charge in [-0.25, -0.2) is 8.42 Å². The highest BCUT2D eigenvalue weighted by atomic mass is 32.2. The van der Waals surface area contributed by atoms with E-state index in [4.69, 9.17) is 0 Å². The molecule has 1 aliphatic heterocycles. The Morgan fingerprint density at radius 2 is 1.93 bits per heavy atom. The van der Waals surface area contributed by atoms with E-state index < -0.39 is 10.0 Å². The molecule has 1 heterocycles. The fraction of sp³-hybridized carbons (Fsp3) is 0.800. The lowest BCUT2D eigenvalue weighted by atomic mass is 10.1. The third-order valence-electron chi connectivity index (χ3n) is 2.55. The van der Waals surface area contributed by atoms with E-state index in [1.807, 2.05) is 26.8 Å². The van der Waals surface area contributed by atoms with Crippen LogP contribution in [0.3, 0.4) is 0 Å². The van der Waals surface area contributed by atoms with Crippen LogP contribution in [-0.4, -0.2) is 31.1 Å². The lowest BCUT2D eigenvalue weighted by molar-refractivity contribution is 0.372. The van der Waals surface area contributed by atoms with Crippen molar-refractivity contribution in [2.24, 2.45) is 0 Å². The van der Waals surface area contributed by atoms with Gasteiger partial charge in [0.25, 0.3) is 0 Å². The summed E-state index contributed by atoms with van der Waals surface area (Å²) in [6.45, 7) is 5.98. The number of hydrogen-bond acceptors (Lipinski definition) is 2. The average molecular weight is 217 g/mol. The molecule has 4 heteroatoms. The predicted molar refractivity (Wildman–Crippen MR) is 58.6 cm³/mol. The third-order valence-corrected chi connectivity index (χ3v) is 3.95. The molecular formula is C10H19NO2S. The molecule has 2 unspecified atom stereocenters. The first-order chi connectivity index (χ1) is 6.32. The molecule has 0 aromatic carbocycles. The zero-order valence-electron chi connectivity index (χ0n) is 9.32. The van der Waals surface area contributed by atoms with Gasteiger partial charge < -0.3 is 0 Å². The first-order valence-electron chi connectivity index (χ1n) is 4.96. The van der Waals surface area contributed by atoms with E-state index in [2.05, 4.69) is 0 Å². The van der Waals surface area contributed by atoms with Crippen LogP contribution in [0.1, 0.15) is 33.6 Å². The molecule has 3 nitrogen and oxygen atoms in total. The van der Waals surface area contributed by atoms with Gasteiger partial charge in [-0.05, 0) is 33.6 Å². The van der Waals surface area contributed by atoms with Crippen LogP contribution in [-0.2, 0) is 10.0 Å². The van der Waals surface area contributed by atoms with Crippen molar-refractivity contribution in [2.75, 3.05) is 6.26 Å². The summed E-state index contributed by atoms with van der Waals surface area (Å²) in [4.78, 5) is 0. The van der Waals surface area contributed by atoms with E-state index in [0.29, 0.717) is 0 Å². The van der Waals surface area contributed by atoms with Crippen molar-refractivity contribution in [3.63, 3.8) is 0 Å². The van der Waals surface area contributed by atoms with Crippen molar-refractivity contribution in [3.05, 3.63) is 11.6 Å². The second-order valence-electron chi connectivity index (χ2n) is 4.33. The Balaban J connectivity index is 2.94. The van der Waals surface area contributed by atoms with E-state index in [0.717, 1.165) is 12.8 Å². The van der Waals surface area contributed by atoms with Gasteiger partial charge in [0.15, 0.2) is 0 Å². The van der Waals surface area contributed by atoms with Crippen LogP contribution in [0.5, 0.6) is 0 Å². The normalized spacial score (nSPS) is 29.1. The van der Waals surface area contributed by atoms with Crippen molar-refractivity contribution in [2.45, 2.75) is 45.7 Å². The molecular weight excluding hydrogens is 198 g/mol. The predicted octanol–water partition coefficient (Wildman–Crippen LogP) is 1.77. The molecule has 2 atom stereocenters. The second kappa shape index (κ2) is 4.03. The highest BCUT2D eigenvalue weighted by Crippen LogP contribution is 2.27. The Morgan fingerprint density at radius 3 is 2.36 bits per heavy atom. The summed E-state index contributed by atoms with van der Waals surface area (Å²) in [5.41, 5.74) is 1.18. The van der Waals surface area contributed by atoms with Gasteiger partial charge in [-0.15, -0.1) is 0 Å². The largest absolute Gasteiger partial charge is 0.212 e. The zero-order valence-corrected chi connectivity index (χ0v) is 10.1. The zero-order chi connectivity index (χ0) is 10.9. The maximum atomic E-state index is 11.5. The monoisotopic (exact) mass is 217 g/mol. The third kappa shape index (κ3) is 2.58. The number of allylic oxidation sites excluding steroid dienone is 1. The minimum atomic E-state index is -3.06. The van der Waals surface area contributed by atoms with Crippen molar-refractivity contribution >= 4 is 10.0 Å². The lowest BCUT2D eigenvalue weighted by Crippen LogP contribution is -2.38. The van der Waals surface area contributed by atoms with Crippen molar-refractivity contribution in [1.82, 2.24) is 4.31 Å². The van der Waals surface area contributed by atoms with Crippen LogP contribution in [0.4, 0.5) is 0 Å². The first kappa shape index (κ1) is 11.7. The summed E-state index contributed by atoms with van der Waals surface area (Å²) < 4.78 is 24.7. The molecule has 14 heavy (non-hydrogen) atoms. The van der Waals surface area contributed by atoms with Gasteiger partial charge >= 0.3 is 0 Å². The van der Waals surface area contributed by atoms with E-state index in [1.165, 1.54) is 11.8 Å². The molecule has 1 aliphatic rings. The molecule has 0 aromatic rings. The molecule has 0 aromatic heterocycles. The van der Waals surface area contributed by atoms with Crippen LogP contribution in [0.2, 0.25) is 0 Å². The Morgan fingerprint density at radius 1 is 1.36 bits per heavy atom. The summed E-state index contributed by atoms with van der Waals surface area (Å²) in [5, 5.41) is 0. The second-order valence-corrected chi connectivity index (χ2v) is 6.22. The van der Waals surface area contributed by atoms with Crippen LogP contribution in [0, 0.1) is 0 Å². The van der Waals surface area contributed by atoms with Gasteiger partial charge in [-0.3, -0.25) is 0 Å². The Hall–Kier alpha value is -0.350. The molecule has 0 N–H and O–H groups in total. The molecule has 82 valence electrons. The average Bonchev–Trinajstić information content (AvgIpc) is 2.28. The van der Waals surface area contributed by atoms with E-state index in [-0.39, 0.29) is 12.1 Å². The molecule has 0 radical (unpaired) electrons. The number of nitrogens with zero attached hydrogens (tertiary/aromatic N) is 1. The maximum absolute atomic E-state index is 11.5. The number of rotatable bonds is 2. The highest BCUT2D eigenvalue weighted by molar-refractivity contribution is 7.88. The minimum absolute atomic E-state index is 0.0741. The summed E-state index contributed by atoms with van der Waals surface area (Å²) in [6, 6.07) is 0.218. The van der Waals surface area contributed by atoms with E-state index in [1.54, 1.807) is 4.31 Å². The minimum Gasteiger partial charge on any atom is -0.212 e. The molecule has 1 saturated heterocycles.